The first-order valence-electron chi connectivity index (χ1n) is 8.88. The molecule has 0 fully saturated rings. The highest BCUT2D eigenvalue weighted by atomic mass is 32.1. The summed E-state index contributed by atoms with van der Waals surface area (Å²) in [4.78, 5) is 0. The molecule has 0 amide bonds. The molecule has 0 saturated carbocycles. The smallest absolute Gasteiger partial charge is 0.0434 e. The monoisotopic (exact) mass is 350 g/mol. The first kappa shape index (κ1) is 15.4. The lowest BCUT2D eigenvalue weighted by molar-refractivity contribution is 1.47. The normalized spacial score (nSPS) is 11.3. The van der Waals surface area contributed by atoms with Crippen LogP contribution in [-0.2, 0) is 0 Å². The van der Waals surface area contributed by atoms with Crippen LogP contribution >= 0.6 is 11.3 Å². The van der Waals surface area contributed by atoms with Crippen LogP contribution in [0.5, 0.6) is 0 Å². The molecule has 124 valence electrons. The molecule has 1 heterocycles. The Labute approximate surface area is 157 Å². The maximum absolute atomic E-state index is 2.25. The van der Waals surface area contributed by atoms with E-state index >= 15 is 0 Å². The van der Waals surface area contributed by atoms with Crippen molar-refractivity contribution in [2.45, 2.75) is 6.92 Å². The van der Waals surface area contributed by atoms with Crippen LogP contribution in [0.1, 0.15) is 5.56 Å². The summed E-state index contributed by atoms with van der Waals surface area (Å²) in [6.07, 6.45) is 0. The molecule has 0 unspecified atom stereocenters. The van der Waals surface area contributed by atoms with Gasteiger partial charge in [0, 0.05) is 20.2 Å². The fourth-order valence-electron chi connectivity index (χ4n) is 3.63. The highest BCUT2D eigenvalue weighted by Gasteiger charge is 2.13. The average molecular weight is 350 g/mol. The maximum Gasteiger partial charge on any atom is 0.0434 e. The van der Waals surface area contributed by atoms with Gasteiger partial charge in [-0.1, -0.05) is 96.6 Å². The van der Waals surface area contributed by atoms with E-state index in [-0.39, 0.29) is 0 Å². The van der Waals surface area contributed by atoms with Gasteiger partial charge in [0.25, 0.3) is 0 Å². The van der Waals surface area contributed by atoms with Crippen LogP contribution in [0.4, 0.5) is 0 Å². The van der Waals surface area contributed by atoms with Gasteiger partial charge in [0.1, 0.15) is 0 Å². The van der Waals surface area contributed by atoms with E-state index in [1.54, 1.807) is 0 Å². The number of hydrogen-bond donors (Lipinski definition) is 0. The second-order valence-corrected chi connectivity index (χ2v) is 7.72. The van der Waals surface area contributed by atoms with Gasteiger partial charge in [-0.25, -0.2) is 0 Å². The average Bonchev–Trinajstić information content (AvgIpc) is 3.08. The van der Waals surface area contributed by atoms with Crippen molar-refractivity contribution in [2.24, 2.45) is 0 Å². The third kappa shape index (κ3) is 2.44. The molecule has 26 heavy (non-hydrogen) atoms. The molecule has 0 aliphatic heterocycles. The number of benzene rings is 4. The Kier molecular flexibility index (Phi) is 3.62. The van der Waals surface area contributed by atoms with Crippen LogP contribution in [0, 0.1) is 6.92 Å². The number of thiophene rings is 1. The predicted octanol–water partition coefficient (Wildman–Crippen LogP) is 7.70. The molecule has 4 aromatic carbocycles. The van der Waals surface area contributed by atoms with E-state index in [9.17, 15) is 0 Å². The fraction of sp³-hybridized carbons (Fsp3) is 0.0400. The Morgan fingerprint density at radius 3 is 1.62 bits per heavy atom. The molecule has 0 radical (unpaired) electrons. The Balaban J connectivity index is 1.82. The lowest BCUT2D eigenvalue weighted by Crippen LogP contribution is -1.79. The van der Waals surface area contributed by atoms with Crippen molar-refractivity contribution in [3.63, 3.8) is 0 Å². The van der Waals surface area contributed by atoms with E-state index in [1.807, 2.05) is 11.3 Å². The Hall–Kier alpha value is -2.90. The summed E-state index contributed by atoms with van der Waals surface area (Å²) in [6, 6.07) is 32.9. The van der Waals surface area contributed by atoms with Crippen LogP contribution in [0.25, 0.3) is 42.4 Å². The first-order chi connectivity index (χ1) is 12.8. The summed E-state index contributed by atoms with van der Waals surface area (Å²) in [5.74, 6) is 0. The second kappa shape index (κ2) is 6.12. The van der Waals surface area contributed by atoms with Crippen molar-refractivity contribution in [2.75, 3.05) is 0 Å². The molecule has 0 N–H and O–H groups in total. The van der Waals surface area contributed by atoms with Gasteiger partial charge in [-0.05, 0) is 29.2 Å². The fourth-order valence-corrected chi connectivity index (χ4v) is 5.00. The number of hydrogen-bond acceptors (Lipinski definition) is 1. The van der Waals surface area contributed by atoms with Crippen LogP contribution in [0.2, 0.25) is 0 Å². The molecule has 0 saturated heterocycles. The predicted molar refractivity (Wildman–Crippen MR) is 115 cm³/mol. The number of rotatable bonds is 2. The lowest BCUT2D eigenvalue weighted by Gasteiger charge is -2.04. The topological polar surface area (TPSA) is 0 Å². The van der Waals surface area contributed by atoms with Crippen LogP contribution in [-0.4, -0.2) is 0 Å². The van der Waals surface area contributed by atoms with Crippen molar-refractivity contribution in [3.05, 3.63) is 96.6 Å². The zero-order valence-corrected chi connectivity index (χ0v) is 15.4. The van der Waals surface area contributed by atoms with Gasteiger partial charge >= 0.3 is 0 Å². The molecule has 0 aliphatic rings. The summed E-state index contributed by atoms with van der Waals surface area (Å²) in [7, 11) is 0. The van der Waals surface area contributed by atoms with Crippen LogP contribution in [0.15, 0.2) is 91.0 Å². The molecular formula is C25H18S. The third-order valence-electron chi connectivity index (χ3n) is 4.97. The van der Waals surface area contributed by atoms with Crippen molar-refractivity contribution in [1.29, 1.82) is 0 Å². The maximum atomic E-state index is 2.25. The summed E-state index contributed by atoms with van der Waals surface area (Å²) in [5, 5.41) is 2.70. The Morgan fingerprint density at radius 1 is 0.500 bits per heavy atom. The molecule has 5 aromatic rings. The lowest BCUT2D eigenvalue weighted by atomic mass is 10.00. The largest absolute Gasteiger partial charge is 0.134 e. The first-order valence-corrected chi connectivity index (χ1v) is 9.69. The van der Waals surface area contributed by atoms with Crippen molar-refractivity contribution in [1.82, 2.24) is 0 Å². The molecule has 0 atom stereocenters. The van der Waals surface area contributed by atoms with Crippen molar-refractivity contribution >= 4 is 31.5 Å². The minimum atomic E-state index is 1.28. The highest BCUT2D eigenvalue weighted by Crippen LogP contribution is 2.43. The van der Waals surface area contributed by atoms with Gasteiger partial charge in [-0.3, -0.25) is 0 Å². The van der Waals surface area contributed by atoms with Gasteiger partial charge in [-0.15, -0.1) is 11.3 Å². The zero-order chi connectivity index (χ0) is 17.5. The SMILES string of the molecule is Cc1ccc(-c2cccc3c2sc2c(-c4ccccc4)cccc23)cc1. The highest BCUT2D eigenvalue weighted by molar-refractivity contribution is 7.26. The molecular weight excluding hydrogens is 332 g/mol. The van der Waals surface area contributed by atoms with E-state index in [4.69, 9.17) is 0 Å². The summed E-state index contributed by atoms with van der Waals surface area (Å²) in [5.41, 5.74) is 6.50. The van der Waals surface area contributed by atoms with Gasteiger partial charge in [-0.2, -0.15) is 0 Å². The second-order valence-electron chi connectivity index (χ2n) is 6.70. The standard InChI is InChI=1S/C25H18S/c1-17-13-15-19(16-14-17)21-10-6-12-23-22-11-5-9-20(24(22)26-25(21)23)18-7-3-2-4-8-18/h2-16H,1H3. The van der Waals surface area contributed by atoms with Gasteiger partial charge in [0.15, 0.2) is 0 Å². The van der Waals surface area contributed by atoms with Crippen molar-refractivity contribution < 1.29 is 0 Å². The van der Waals surface area contributed by atoms with Gasteiger partial charge < -0.3 is 0 Å². The Morgan fingerprint density at radius 2 is 1.04 bits per heavy atom. The minimum Gasteiger partial charge on any atom is -0.134 e. The Bertz CT molecular complexity index is 1210. The van der Waals surface area contributed by atoms with E-state index in [0.29, 0.717) is 0 Å². The zero-order valence-electron chi connectivity index (χ0n) is 14.6. The summed E-state index contributed by atoms with van der Waals surface area (Å²) in [6.45, 7) is 2.13. The molecule has 0 nitrogen and oxygen atoms in total. The molecule has 1 heteroatoms. The van der Waals surface area contributed by atoms with E-state index in [1.165, 1.54) is 48.0 Å². The van der Waals surface area contributed by atoms with E-state index in [0.717, 1.165) is 0 Å². The summed E-state index contributed by atoms with van der Waals surface area (Å²) < 4.78 is 2.74. The van der Waals surface area contributed by atoms with Crippen molar-refractivity contribution in [3.8, 4) is 22.3 Å². The third-order valence-corrected chi connectivity index (χ3v) is 6.26. The molecule has 0 bridgehead atoms. The molecule has 5 rings (SSSR count). The van der Waals surface area contributed by atoms with Crippen LogP contribution in [0.3, 0.4) is 0 Å². The summed E-state index contributed by atoms with van der Waals surface area (Å²) >= 11 is 1.91. The number of fused-ring (bicyclic) bond motifs is 3. The van der Waals surface area contributed by atoms with Gasteiger partial charge in [0.2, 0.25) is 0 Å². The quantitative estimate of drug-likeness (QED) is 0.306. The molecule has 0 spiro atoms. The molecule has 1 aromatic heterocycles. The van der Waals surface area contributed by atoms with E-state index < -0.39 is 0 Å². The van der Waals surface area contributed by atoms with Gasteiger partial charge in [0.05, 0.1) is 0 Å². The number of aryl methyl sites for hydroxylation is 1. The van der Waals surface area contributed by atoms with E-state index in [2.05, 4.69) is 97.9 Å². The van der Waals surface area contributed by atoms with Crippen LogP contribution < -0.4 is 0 Å². The molecule has 0 aliphatic carbocycles. The minimum absolute atomic E-state index is 1.28.